The van der Waals surface area contributed by atoms with Crippen molar-refractivity contribution < 1.29 is 14.3 Å². The van der Waals surface area contributed by atoms with Crippen LogP contribution in [0.5, 0.6) is 0 Å². The Morgan fingerprint density at radius 1 is 1.09 bits per heavy atom. The average molecular weight is 475 g/mol. The SMILES string of the molecule is COCCN(CC(=O)Nc1nc(-c2ccccc2)cn1-c1ccc(C)c(C)c1)C(=O)C1CCCC1. The van der Waals surface area contributed by atoms with Crippen LogP contribution in [0.1, 0.15) is 36.8 Å². The van der Waals surface area contributed by atoms with Crippen LogP contribution in [-0.4, -0.2) is 53.1 Å². The Morgan fingerprint density at radius 2 is 1.83 bits per heavy atom. The largest absolute Gasteiger partial charge is 0.383 e. The minimum atomic E-state index is -0.275. The summed E-state index contributed by atoms with van der Waals surface area (Å²) < 4.78 is 7.09. The quantitative estimate of drug-likeness (QED) is 0.485. The average Bonchev–Trinajstić information content (AvgIpc) is 3.54. The van der Waals surface area contributed by atoms with E-state index in [9.17, 15) is 9.59 Å². The fraction of sp³-hybridized carbons (Fsp3) is 0.393. The van der Waals surface area contributed by atoms with E-state index in [0.717, 1.165) is 48.2 Å². The van der Waals surface area contributed by atoms with Crippen molar-refractivity contribution in [2.75, 3.05) is 32.1 Å². The normalized spacial score (nSPS) is 13.7. The molecule has 0 spiro atoms. The van der Waals surface area contributed by atoms with Gasteiger partial charge in [0.15, 0.2) is 0 Å². The first-order valence-electron chi connectivity index (χ1n) is 12.3. The molecule has 0 radical (unpaired) electrons. The highest BCUT2D eigenvalue weighted by Gasteiger charge is 2.28. The topological polar surface area (TPSA) is 76.5 Å². The monoisotopic (exact) mass is 474 g/mol. The molecule has 1 aliphatic rings. The Bertz CT molecular complexity index is 1170. The highest BCUT2D eigenvalue weighted by molar-refractivity contribution is 5.94. The standard InChI is InChI=1S/C28H34N4O3/c1-20-13-14-24(17-21(20)2)32-18-25(22-9-5-4-6-10-22)29-28(32)30-26(33)19-31(15-16-35-3)27(34)23-11-7-8-12-23/h4-6,9-10,13-14,17-18,23H,7-8,11-12,15-16,19H2,1-3H3,(H,29,30,33). The molecule has 1 fully saturated rings. The van der Waals surface area contributed by atoms with Gasteiger partial charge in [-0.15, -0.1) is 0 Å². The number of amides is 2. The summed E-state index contributed by atoms with van der Waals surface area (Å²) in [5.74, 6) is 0.193. The van der Waals surface area contributed by atoms with Gasteiger partial charge in [-0.2, -0.15) is 0 Å². The van der Waals surface area contributed by atoms with Gasteiger partial charge in [-0.25, -0.2) is 4.98 Å². The van der Waals surface area contributed by atoms with Crippen molar-refractivity contribution >= 4 is 17.8 Å². The number of nitrogens with zero attached hydrogens (tertiary/aromatic N) is 3. The molecule has 1 heterocycles. The molecule has 35 heavy (non-hydrogen) atoms. The van der Waals surface area contributed by atoms with E-state index in [1.807, 2.05) is 47.2 Å². The van der Waals surface area contributed by atoms with Crippen molar-refractivity contribution in [3.8, 4) is 16.9 Å². The molecule has 0 unspecified atom stereocenters. The number of hydrogen-bond donors (Lipinski definition) is 1. The minimum absolute atomic E-state index is 0.00172. The highest BCUT2D eigenvalue weighted by atomic mass is 16.5. The molecule has 4 rings (SSSR count). The lowest BCUT2D eigenvalue weighted by atomic mass is 10.1. The number of imidazole rings is 1. The first kappa shape index (κ1) is 24.7. The summed E-state index contributed by atoms with van der Waals surface area (Å²) in [4.78, 5) is 32.6. The molecule has 0 aliphatic heterocycles. The predicted molar refractivity (Wildman–Crippen MR) is 138 cm³/mol. The highest BCUT2D eigenvalue weighted by Crippen LogP contribution is 2.27. The third-order valence-corrected chi connectivity index (χ3v) is 6.71. The summed E-state index contributed by atoms with van der Waals surface area (Å²) >= 11 is 0. The van der Waals surface area contributed by atoms with Gasteiger partial charge in [-0.05, 0) is 49.9 Å². The molecular formula is C28H34N4O3. The van der Waals surface area contributed by atoms with Gasteiger partial charge in [-0.3, -0.25) is 19.5 Å². The summed E-state index contributed by atoms with van der Waals surface area (Å²) in [7, 11) is 1.60. The molecule has 7 nitrogen and oxygen atoms in total. The van der Waals surface area contributed by atoms with Crippen molar-refractivity contribution in [3.05, 3.63) is 65.9 Å². The fourth-order valence-corrected chi connectivity index (χ4v) is 4.53. The van der Waals surface area contributed by atoms with E-state index < -0.39 is 0 Å². The minimum Gasteiger partial charge on any atom is -0.383 e. The Kier molecular flexibility index (Phi) is 7.98. The zero-order chi connectivity index (χ0) is 24.8. The second-order valence-corrected chi connectivity index (χ2v) is 9.24. The Hall–Kier alpha value is -3.45. The number of hydrogen-bond acceptors (Lipinski definition) is 4. The number of methoxy groups -OCH3 is 1. The van der Waals surface area contributed by atoms with Gasteiger partial charge in [0.2, 0.25) is 17.8 Å². The molecule has 0 bridgehead atoms. The molecule has 2 amide bonds. The number of anilines is 1. The molecule has 2 aromatic carbocycles. The van der Waals surface area contributed by atoms with E-state index in [4.69, 9.17) is 9.72 Å². The second kappa shape index (κ2) is 11.3. The van der Waals surface area contributed by atoms with Gasteiger partial charge in [0.25, 0.3) is 0 Å². The Labute approximate surface area is 207 Å². The van der Waals surface area contributed by atoms with Crippen LogP contribution in [0, 0.1) is 19.8 Å². The summed E-state index contributed by atoms with van der Waals surface area (Å²) in [6.45, 7) is 4.88. The van der Waals surface area contributed by atoms with Crippen LogP contribution >= 0.6 is 0 Å². The smallest absolute Gasteiger partial charge is 0.246 e. The number of carbonyl (C=O) groups excluding carboxylic acids is 2. The number of nitrogens with one attached hydrogen (secondary N) is 1. The second-order valence-electron chi connectivity index (χ2n) is 9.24. The first-order valence-corrected chi connectivity index (χ1v) is 12.3. The lowest BCUT2D eigenvalue weighted by Crippen LogP contribution is -2.42. The van der Waals surface area contributed by atoms with Crippen LogP contribution in [0.15, 0.2) is 54.7 Å². The molecule has 1 aliphatic carbocycles. The van der Waals surface area contributed by atoms with Crippen molar-refractivity contribution in [1.82, 2.24) is 14.5 Å². The van der Waals surface area contributed by atoms with Crippen molar-refractivity contribution in [1.29, 1.82) is 0 Å². The van der Waals surface area contributed by atoms with Crippen LogP contribution in [-0.2, 0) is 14.3 Å². The molecule has 1 N–H and O–H groups in total. The number of rotatable bonds is 9. The van der Waals surface area contributed by atoms with Crippen molar-refractivity contribution in [2.45, 2.75) is 39.5 Å². The number of aryl methyl sites for hydroxylation is 2. The van der Waals surface area contributed by atoms with Gasteiger partial charge in [0.05, 0.1) is 12.3 Å². The zero-order valence-electron chi connectivity index (χ0n) is 20.8. The number of benzene rings is 2. The zero-order valence-corrected chi connectivity index (χ0v) is 20.8. The van der Waals surface area contributed by atoms with Crippen molar-refractivity contribution in [3.63, 3.8) is 0 Å². The molecule has 1 saturated carbocycles. The van der Waals surface area contributed by atoms with Gasteiger partial charge >= 0.3 is 0 Å². The number of carbonyl (C=O) groups is 2. The maximum absolute atomic E-state index is 13.2. The number of ether oxygens (including phenoxy) is 1. The van der Waals surface area contributed by atoms with Gasteiger partial charge < -0.3 is 9.64 Å². The van der Waals surface area contributed by atoms with E-state index in [1.54, 1.807) is 12.0 Å². The first-order chi connectivity index (χ1) is 17.0. The maximum Gasteiger partial charge on any atom is 0.246 e. The van der Waals surface area contributed by atoms with Gasteiger partial charge in [0.1, 0.15) is 6.54 Å². The fourth-order valence-electron chi connectivity index (χ4n) is 4.53. The van der Waals surface area contributed by atoms with Crippen LogP contribution in [0.25, 0.3) is 16.9 Å². The van der Waals surface area contributed by atoms with E-state index in [2.05, 4.69) is 31.3 Å². The van der Waals surface area contributed by atoms with Crippen LogP contribution < -0.4 is 5.32 Å². The Balaban J connectivity index is 1.59. The lowest BCUT2D eigenvalue weighted by molar-refractivity contribution is -0.138. The summed E-state index contributed by atoms with van der Waals surface area (Å²) in [5.41, 5.74) is 4.99. The van der Waals surface area contributed by atoms with Crippen LogP contribution in [0.2, 0.25) is 0 Å². The van der Waals surface area contributed by atoms with Gasteiger partial charge in [0, 0.05) is 37.0 Å². The van der Waals surface area contributed by atoms with E-state index in [-0.39, 0.29) is 24.3 Å². The number of aromatic nitrogens is 2. The molecule has 184 valence electrons. The Morgan fingerprint density at radius 3 is 2.51 bits per heavy atom. The summed E-state index contributed by atoms with van der Waals surface area (Å²) in [5, 5.41) is 2.96. The maximum atomic E-state index is 13.2. The third kappa shape index (κ3) is 5.98. The van der Waals surface area contributed by atoms with Gasteiger partial charge in [-0.1, -0.05) is 49.2 Å². The van der Waals surface area contributed by atoms with E-state index in [0.29, 0.717) is 19.1 Å². The van der Waals surface area contributed by atoms with E-state index >= 15 is 0 Å². The van der Waals surface area contributed by atoms with Crippen LogP contribution in [0.3, 0.4) is 0 Å². The summed E-state index contributed by atoms with van der Waals surface area (Å²) in [6, 6.07) is 16.0. The van der Waals surface area contributed by atoms with Crippen molar-refractivity contribution in [2.24, 2.45) is 5.92 Å². The molecule has 1 aromatic heterocycles. The molecule has 0 saturated heterocycles. The molecule has 0 atom stereocenters. The molecular weight excluding hydrogens is 440 g/mol. The molecule has 3 aromatic rings. The predicted octanol–water partition coefficient (Wildman–Crippen LogP) is 4.76. The third-order valence-electron chi connectivity index (χ3n) is 6.71. The van der Waals surface area contributed by atoms with Crippen LogP contribution in [0.4, 0.5) is 5.95 Å². The summed E-state index contributed by atoms with van der Waals surface area (Å²) in [6.07, 6.45) is 5.84. The van der Waals surface area contributed by atoms with E-state index in [1.165, 1.54) is 5.56 Å². The lowest BCUT2D eigenvalue weighted by Gasteiger charge is -2.25. The molecule has 7 heteroatoms.